The summed E-state index contributed by atoms with van der Waals surface area (Å²) in [5.41, 5.74) is 2.42. The Morgan fingerprint density at radius 2 is 1.76 bits per heavy atom. The highest BCUT2D eigenvalue weighted by atomic mass is 16.5. The van der Waals surface area contributed by atoms with Crippen molar-refractivity contribution in [3.63, 3.8) is 0 Å². The van der Waals surface area contributed by atoms with Crippen molar-refractivity contribution in [2.75, 3.05) is 7.05 Å². The van der Waals surface area contributed by atoms with Gasteiger partial charge in [0.1, 0.15) is 12.4 Å². The lowest BCUT2D eigenvalue weighted by atomic mass is 10.1. The van der Waals surface area contributed by atoms with E-state index in [1.807, 2.05) is 31.3 Å². The fourth-order valence-corrected chi connectivity index (χ4v) is 1.93. The van der Waals surface area contributed by atoms with Gasteiger partial charge in [-0.1, -0.05) is 24.3 Å². The molecule has 0 aromatic heterocycles. The number of nitrogens with one attached hydrogen (secondary N) is 1. The monoisotopic (exact) mass is 285 g/mol. The third-order valence-electron chi connectivity index (χ3n) is 3.42. The summed E-state index contributed by atoms with van der Waals surface area (Å²) in [5.74, 6) is -0.124. The van der Waals surface area contributed by atoms with E-state index in [9.17, 15) is 4.79 Å². The number of hydrogen-bond donors (Lipinski definition) is 2. The van der Waals surface area contributed by atoms with Gasteiger partial charge < -0.3 is 15.2 Å². The van der Waals surface area contributed by atoms with Gasteiger partial charge in [0.05, 0.1) is 5.56 Å². The predicted octanol–water partition coefficient (Wildman–Crippen LogP) is 3.24. The molecule has 2 N–H and O–H groups in total. The van der Waals surface area contributed by atoms with E-state index in [4.69, 9.17) is 9.84 Å². The number of carboxylic acids is 1. The van der Waals surface area contributed by atoms with Crippen LogP contribution in [0, 0.1) is 0 Å². The zero-order chi connectivity index (χ0) is 15.2. The second-order valence-corrected chi connectivity index (χ2v) is 4.87. The summed E-state index contributed by atoms with van der Waals surface area (Å²) < 4.78 is 5.69. The van der Waals surface area contributed by atoms with Gasteiger partial charge in [0.25, 0.3) is 0 Å². The van der Waals surface area contributed by atoms with E-state index in [-0.39, 0.29) is 5.56 Å². The van der Waals surface area contributed by atoms with Crippen LogP contribution >= 0.6 is 0 Å². The summed E-state index contributed by atoms with van der Waals surface area (Å²) in [6.45, 7) is 2.51. The van der Waals surface area contributed by atoms with Crippen molar-refractivity contribution in [3.05, 3.63) is 65.2 Å². The molecule has 1 atom stereocenters. The lowest BCUT2D eigenvalue weighted by molar-refractivity contribution is 0.0697. The fourth-order valence-electron chi connectivity index (χ4n) is 1.93. The van der Waals surface area contributed by atoms with Crippen molar-refractivity contribution < 1.29 is 14.6 Å². The average molecular weight is 285 g/mol. The SMILES string of the molecule is CNC(C)c1ccc(OCc2ccc(C(=O)O)cc2)cc1. The first-order chi connectivity index (χ1) is 10.1. The third-order valence-corrected chi connectivity index (χ3v) is 3.42. The summed E-state index contributed by atoms with van der Waals surface area (Å²) in [7, 11) is 1.93. The first kappa shape index (κ1) is 15.1. The minimum atomic E-state index is -0.920. The number of benzene rings is 2. The molecule has 2 aromatic carbocycles. The number of aromatic carboxylic acids is 1. The van der Waals surface area contributed by atoms with Crippen molar-refractivity contribution in [2.24, 2.45) is 0 Å². The van der Waals surface area contributed by atoms with Crippen molar-refractivity contribution in [3.8, 4) is 5.75 Å². The van der Waals surface area contributed by atoms with Gasteiger partial charge >= 0.3 is 5.97 Å². The van der Waals surface area contributed by atoms with Crippen molar-refractivity contribution >= 4 is 5.97 Å². The summed E-state index contributed by atoms with van der Waals surface area (Å²) >= 11 is 0. The van der Waals surface area contributed by atoms with Crippen LogP contribution in [0.1, 0.15) is 34.5 Å². The maximum atomic E-state index is 10.8. The molecule has 110 valence electrons. The van der Waals surface area contributed by atoms with Crippen LogP contribution in [0.25, 0.3) is 0 Å². The summed E-state index contributed by atoms with van der Waals surface area (Å²) in [4.78, 5) is 10.8. The Kier molecular flexibility index (Phi) is 4.95. The topological polar surface area (TPSA) is 58.6 Å². The predicted molar refractivity (Wildman–Crippen MR) is 81.7 cm³/mol. The highest BCUT2D eigenvalue weighted by molar-refractivity contribution is 5.87. The van der Waals surface area contributed by atoms with Crippen molar-refractivity contribution in [1.82, 2.24) is 5.32 Å². The molecule has 4 heteroatoms. The molecular weight excluding hydrogens is 266 g/mol. The molecule has 0 bridgehead atoms. The van der Waals surface area contributed by atoms with Gasteiger partial charge in [-0.25, -0.2) is 4.79 Å². The average Bonchev–Trinajstić information content (AvgIpc) is 2.53. The van der Waals surface area contributed by atoms with E-state index in [1.54, 1.807) is 24.3 Å². The van der Waals surface area contributed by atoms with E-state index in [0.29, 0.717) is 12.6 Å². The Hall–Kier alpha value is -2.33. The summed E-state index contributed by atoms with van der Waals surface area (Å²) in [6.07, 6.45) is 0. The molecule has 0 aliphatic rings. The van der Waals surface area contributed by atoms with E-state index in [0.717, 1.165) is 11.3 Å². The maximum Gasteiger partial charge on any atom is 0.335 e. The standard InChI is InChI=1S/C17H19NO3/c1-12(18-2)14-7-9-16(10-8-14)21-11-13-3-5-15(6-4-13)17(19)20/h3-10,12,18H,11H2,1-2H3,(H,19,20). The molecule has 1 unspecified atom stereocenters. The number of ether oxygens (including phenoxy) is 1. The smallest absolute Gasteiger partial charge is 0.335 e. The second-order valence-electron chi connectivity index (χ2n) is 4.87. The molecule has 0 saturated heterocycles. The molecule has 0 radical (unpaired) electrons. The Labute approximate surface area is 124 Å². The van der Waals surface area contributed by atoms with Crippen molar-refractivity contribution in [2.45, 2.75) is 19.6 Å². The molecule has 0 amide bonds. The molecule has 0 spiro atoms. The van der Waals surface area contributed by atoms with E-state index < -0.39 is 5.97 Å². The molecule has 2 aromatic rings. The Morgan fingerprint density at radius 1 is 1.14 bits per heavy atom. The quantitative estimate of drug-likeness (QED) is 0.855. The molecule has 21 heavy (non-hydrogen) atoms. The van der Waals surface area contributed by atoms with Crippen LogP contribution in [0.3, 0.4) is 0 Å². The highest BCUT2D eigenvalue weighted by Crippen LogP contribution is 2.18. The number of carboxylic acid groups (broad SMARTS) is 1. The molecule has 4 nitrogen and oxygen atoms in total. The van der Waals surface area contributed by atoms with Crippen molar-refractivity contribution in [1.29, 1.82) is 0 Å². The summed E-state index contributed by atoms with van der Waals surface area (Å²) in [5, 5.41) is 12.0. The van der Waals surface area contributed by atoms with Gasteiger partial charge in [-0.05, 0) is 49.4 Å². The van der Waals surface area contributed by atoms with Gasteiger partial charge in [-0.3, -0.25) is 0 Å². The Bertz CT molecular complexity index is 590. The van der Waals surface area contributed by atoms with Gasteiger partial charge in [-0.15, -0.1) is 0 Å². The van der Waals surface area contributed by atoms with E-state index >= 15 is 0 Å². The molecular formula is C17H19NO3. The number of rotatable bonds is 6. The first-order valence-corrected chi connectivity index (χ1v) is 6.82. The third kappa shape index (κ3) is 4.07. The maximum absolute atomic E-state index is 10.8. The van der Waals surface area contributed by atoms with Crippen LogP contribution < -0.4 is 10.1 Å². The minimum Gasteiger partial charge on any atom is -0.489 e. The van der Waals surface area contributed by atoms with Crippen LogP contribution in [-0.4, -0.2) is 18.1 Å². The Morgan fingerprint density at radius 3 is 2.29 bits per heavy atom. The summed E-state index contributed by atoms with van der Waals surface area (Å²) in [6, 6.07) is 14.9. The molecule has 2 rings (SSSR count). The van der Waals surface area contributed by atoms with Crippen LogP contribution in [0.5, 0.6) is 5.75 Å². The number of carbonyl (C=O) groups is 1. The van der Waals surface area contributed by atoms with Crippen LogP contribution in [0.15, 0.2) is 48.5 Å². The molecule has 0 aliphatic carbocycles. The van der Waals surface area contributed by atoms with Gasteiger partial charge in [0.2, 0.25) is 0 Å². The lowest BCUT2D eigenvalue weighted by Gasteiger charge is -2.12. The van der Waals surface area contributed by atoms with Crippen LogP contribution in [0.2, 0.25) is 0 Å². The van der Waals surface area contributed by atoms with E-state index in [2.05, 4.69) is 12.2 Å². The van der Waals surface area contributed by atoms with Gasteiger partial charge in [-0.2, -0.15) is 0 Å². The lowest BCUT2D eigenvalue weighted by Crippen LogP contribution is -2.11. The second kappa shape index (κ2) is 6.90. The first-order valence-electron chi connectivity index (χ1n) is 6.82. The van der Waals surface area contributed by atoms with Crippen LogP contribution in [0.4, 0.5) is 0 Å². The Balaban J connectivity index is 1.95. The minimum absolute atomic E-state index is 0.282. The zero-order valence-electron chi connectivity index (χ0n) is 12.2. The molecule has 0 fully saturated rings. The van der Waals surface area contributed by atoms with E-state index in [1.165, 1.54) is 5.56 Å². The van der Waals surface area contributed by atoms with Gasteiger partial charge in [0.15, 0.2) is 0 Å². The fraction of sp³-hybridized carbons (Fsp3) is 0.235. The normalized spacial score (nSPS) is 11.9. The van der Waals surface area contributed by atoms with Crippen LogP contribution in [-0.2, 0) is 6.61 Å². The number of hydrogen-bond acceptors (Lipinski definition) is 3. The zero-order valence-corrected chi connectivity index (χ0v) is 12.2. The highest BCUT2D eigenvalue weighted by Gasteiger charge is 2.04. The molecule has 0 heterocycles. The van der Waals surface area contributed by atoms with Gasteiger partial charge in [0, 0.05) is 6.04 Å². The molecule has 0 aliphatic heterocycles. The molecule has 0 saturated carbocycles. The largest absolute Gasteiger partial charge is 0.489 e.